The molecule has 4 fully saturated rings. The largest absolute Gasteiger partial charge is 0.465 e. The van der Waals surface area contributed by atoms with Crippen LogP contribution >= 0.6 is 0 Å². The van der Waals surface area contributed by atoms with Crippen LogP contribution in [-0.4, -0.2) is 32.5 Å². The molecule has 1 N–H and O–H groups in total. The molecule has 0 saturated heterocycles. The van der Waals surface area contributed by atoms with Gasteiger partial charge in [0.2, 0.25) is 11.1 Å². The van der Waals surface area contributed by atoms with Gasteiger partial charge in [-0.2, -0.15) is 17.6 Å². The van der Waals surface area contributed by atoms with Gasteiger partial charge in [-0.1, -0.05) is 0 Å². The summed E-state index contributed by atoms with van der Waals surface area (Å²) in [6, 6.07) is 0. The zero-order chi connectivity index (χ0) is 17.8. The molecule has 4 rings (SSSR count). The van der Waals surface area contributed by atoms with Crippen LogP contribution in [0.25, 0.3) is 0 Å². The van der Waals surface area contributed by atoms with Gasteiger partial charge in [0.15, 0.2) is 0 Å². The molecule has 9 heteroatoms. The van der Waals surface area contributed by atoms with Crippen molar-refractivity contribution in [3.05, 3.63) is 0 Å². The van der Waals surface area contributed by atoms with Crippen LogP contribution in [0.4, 0.5) is 17.6 Å². The van der Waals surface area contributed by atoms with Gasteiger partial charge in [-0.15, -0.1) is 0 Å². The van der Waals surface area contributed by atoms with Crippen LogP contribution in [-0.2, 0) is 20.6 Å². The first-order valence-corrected chi connectivity index (χ1v) is 9.20. The van der Waals surface area contributed by atoms with Crippen LogP contribution in [0.1, 0.15) is 44.9 Å². The van der Waals surface area contributed by atoms with Crippen LogP contribution in [0.2, 0.25) is 0 Å². The maximum absolute atomic E-state index is 13.4. The van der Waals surface area contributed by atoms with Crippen molar-refractivity contribution < 1.29 is 35.9 Å². The number of halogens is 4. The first kappa shape index (κ1) is 18.1. The van der Waals surface area contributed by atoms with E-state index in [0.29, 0.717) is 37.0 Å². The van der Waals surface area contributed by atoms with E-state index >= 15 is 0 Å². The summed E-state index contributed by atoms with van der Waals surface area (Å²) in [5.74, 6) is -3.90. The molecular formula is C15H20F4O4S. The number of rotatable bonds is 6. The second-order valence-electron chi connectivity index (χ2n) is 7.55. The maximum atomic E-state index is 13.4. The van der Waals surface area contributed by atoms with Crippen molar-refractivity contribution >= 4 is 17.0 Å². The molecule has 4 saturated carbocycles. The van der Waals surface area contributed by atoms with Crippen molar-refractivity contribution in [2.24, 2.45) is 23.2 Å². The molecule has 0 aliphatic heterocycles. The molecule has 24 heavy (non-hydrogen) atoms. The Morgan fingerprint density at radius 2 is 1.54 bits per heavy atom. The van der Waals surface area contributed by atoms with Crippen LogP contribution in [0, 0.1) is 23.2 Å². The Kier molecular flexibility index (Phi) is 4.47. The molecule has 0 spiro atoms. The van der Waals surface area contributed by atoms with Gasteiger partial charge in [0, 0.05) is 0 Å². The molecule has 0 aromatic heterocycles. The third kappa shape index (κ3) is 2.98. The van der Waals surface area contributed by atoms with Gasteiger partial charge < -0.3 is 9.29 Å². The number of esters is 1. The van der Waals surface area contributed by atoms with Crippen molar-refractivity contribution in [1.82, 2.24) is 0 Å². The monoisotopic (exact) mass is 372 g/mol. The summed E-state index contributed by atoms with van der Waals surface area (Å²) in [5, 5.41) is -5.07. The Labute approximate surface area is 139 Å². The van der Waals surface area contributed by atoms with Crippen molar-refractivity contribution in [3.8, 4) is 0 Å². The molecule has 0 aromatic rings. The van der Waals surface area contributed by atoms with E-state index in [1.54, 1.807) is 0 Å². The number of carbonyl (C=O) groups is 1. The third-order valence-electron chi connectivity index (χ3n) is 5.77. The number of hydrogen-bond donors (Lipinski definition) is 1. The molecule has 0 amide bonds. The SMILES string of the molecule is O=C(OCCC(F)(F)C(F)(F)S(=O)O)C12CC3CC(CC(C3)C1)C2. The van der Waals surface area contributed by atoms with Gasteiger partial charge in [0.25, 0.3) is 0 Å². The molecule has 1 unspecified atom stereocenters. The van der Waals surface area contributed by atoms with Crippen molar-refractivity contribution in [3.63, 3.8) is 0 Å². The van der Waals surface area contributed by atoms with E-state index < -0.39 is 46.7 Å². The van der Waals surface area contributed by atoms with Crippen LogP contribution in [0.5, 0.6) is 0 Å². The Morgan fingerprint density at radius 3 is 1.96 bits per heavy atom. The minimum atomic E-state index is -5.07. The second kappa shape index (κ2) is 5.93. The minimum Gasteiger partial charge on any atom is -0.465 e. The lowest BCUT2D eigenvalue weighted by Crippen LogP contribution is -2.51. The molecule has 0 heterocycles. The van der Waals surface area contributed by atoms with E-state index in [0.717, 1.165) is 19.3 Å². The highest BCUT2D eigenvalue weighted by atomic mass is 32.2. The number of ether oxygens (including phenoxy) is 1. The quantitative estimate of drug-likeness (QED) is 0.440. The summed E-state index contributed by atoms with van der Waals surface area (Å²) in [7, 11) is 0. The Morgan fingerprint density at radius 1 is 1.08 bits per heavy atom. The van der Waals surface area contributed by atoms with Crippen molar-refractivity contribution in [2.75, 3.05) is 6.61 Å². The van der Waals surface area contributed by atoms with E-state index in [2.05, 4.69) is 0 Å². The molecule has 4 nitrogen and oxygen atoms in total. The van der Waals surface area contributed by atoms with Gasteiger partial charge in [-0.05, 0) is 56.3 Å². The molecular weight excluding hydrogens is 352 g/mol. The van der Waals surface area contributed by atoms with Gasteiger partial charge in [0.05, 0.1) is 18.4 Å². The smallest absolute Gasteiger partial charge is 0.406 e. The molecule has 4 bridgehead atoms. The van der Waals surface area contributed by atoms with Gasteiger partial charge in [-0.25, -0.2) is 4.21 Å². The highest BCUT2D eigenvalue weighted by molar-refractivity contribution is 7.80. The van der Waals surface area contributed by atoms with Crippen molar-refractivity contribution in [2.45, 2.75) is 56.1 Å². The third-order valence-corrected chi connectivity index (χ3v) is 6.50. The first-order chi connectivity index (χ1) is 11.1. The Balaban J connectivity index is 1.58. The number of alkyl halides is 4. The predicted octanol–water partition coefficient (Wildman–Crippen LogP) is 3.59. The number of carbonyl (C=O) groups excluding carboxylic acids is 1. The molecule has 138 valence electrons. The number of hydrogen-bond acceptors (Lipinski definition) is 3. The van der Waals surface area contributed by atoms with E-state index in [4.69, 9.17) is 9.29 Å². The molecule has 4 aliphatic rings. The minimum absolute atomic E-state index is 0.464. The fourth-order valence-corrected chi connectivity index (χ4v) is 5.42. The summed E-state index contributed by atoms with van der Waals surface area (Å²) in [6.07, 6.45) is 3.86. The fraction of sp³-hybridized carbons (Fsp3) is 0.933. The van der Waals surface area contributed by atoms with E-state index in [1.165, 1.54) is 0 Å². The zero-order valence-electron chi connectivity index (χ0n) is 13.0. The lowest BCUT2D eigenvalue weighted by Gasteiger charge is -2.55. The predicted molar refractivity (Wildman–Crippen MR) is 76.8 cm³/mol. The summed E-state index contributed by atoms with van der Waals surface area (Å²) in [6.45, 7) is -0.889. The van der Waals surface area contributed by atoms with E-state index in [9.17, 15) is 26.6 Å². The molecule has 4 aliphatic carbocycles. The van der Waals surface area contributed by atoms with Crippen LogP contribution in [0.3, 0.4) is 0 Å². The van der Waals surface area contributed by atoms with Crippen molar-refractivity contribution in [1.29, 1.82) is 0 Å². The van der Waals surface area contributed by atoms with E-state index in [-0.39, 0.29) is 0 Å². The molecule has 1 atom stereocenters. The second-order valence-corrected chi connectivity index (χ2v) is 8.57. The summed E-state index contributed by atoms with van der Waals surface area (Å²) >= 11 is -3.99. The van der Waals surface area contributed by atoms with Crippen LogP contribution in [0.15, 0.2) is 0 Å². The summed E-state index contributed by atoms with van der Waals surface area (Å²) in [4.78, 5) is 12.4. The summed E-state index contributed by atoms with van der Waals surface area (Å²) in [5.41, 5.74) is -0.646. The molecule has 0 aromatic carbocycles. The Bertz CT molecular complexity index is 516. The Hall–Kier alpha value is -0.700. The fourth-order valence-electron chi connectivity index (χ4n) is 5.06. The average molecular weight is 372 g/mol. The summed E-state index contributed by atoms with van der Waals surface area (Å²) < 4.78 is 76.4. The standard InChI is InChI=1S/C15H20F4O4S/c16-14(17,15(18,19)24(21)22)1-2-23-12(20)13-6-9-3-10(7-13)5-11(4-9)8-13/h9-11H,1-8H2,(H,21,22). The van der Waals surface area contributed by atoms with Crippen LogP contribution < -0.4 is 0 Å². The topological polar surface area (TPSA) is 63.6 Å². The van der Waals surface area contributed by atoms with E-state index in [1.807, 2.05) is 0 Å². The molecule has 0 radical (unpaired) electrons. The first-order valence-electron chi connectivity index (χ1n) is 8.09. The lowest BCUT2D eigenvalue weighted by molar-refractivity contribution is -0.184. The average Bonchev–Trinajstić information content (AvgIpc) is 2.45. The maximum Gasteiger partial charge on any atom is 0.406 e. The highest BCUT2D eigenvalue weighted by Gasteiger charge is 2.61. The highest BCUT2D eigenvalue weighted by Crippen LogP contribution is 2.60. The normalized spacial score (nSPS) is 36.6. The van der Waals surface area contributed by atoms with Gasteiger partial charge in [0.1, 0.15) is 0 Å². The van der Waals surface area contributed by atoms with Gasteiger partial charge >= 0.3 is 17.1 Å². The lowest BCUT2D eigenvalue weighted by atomic mass is 9.49. The zero-order valence-corrected chi connectivity index (χ0v) is 13.8. The van der Waals surface area contributed by atoms with Gasteiger partial charge in [-0.3, -0.25) is 4.79 Å².